The summed E-state index contributed by atoms with van der Waals surface area (Å²) in [5.74, 6) is -0.231. The van der Waals surface area contributed by atoms with Gasteiger partial charge in [0, 0.05) is 13.1 Å². The highest BCUT2D eigenvalue weighted by Crippen LogP contribution is 2.29. The number of rotatable bonds is 6. The van der Waals surface area contributed by atoms with Crippen LogP contribution < -0.4 is 20.1 Å². The average molecular weight is 365 g/mol. The molecule has 2 aromatic rings. The second-order valence-electron chi connectivity index (χ2n) is 5.13. The van der Waals surface area contributed by atoms with Gasteiger partial charge in [-0.05, 0) is 30.3 Å². The Hall–Kier alpha value is -2.85. The smallest absolute Gasteiger partial charge is 0.287 e. The number of sulfonamides is 1. The molecule has 0 radical (unpaired) electrons. The molecule has 0 unspecified atom stereocenters. The number of hydrogen-bond acceptors (Lipinski definition) is 6. The summed E-state index contributed by atoms with van der Waals surface area (Å²) in [7, 11) is -3.79. The minimum atomic E-state index is -3.79. The molecule has 2 amide bonds. The number of carbonyl (C=O) groups is 2. The van der Waals surface area contributed by atoms with E-state index < -0.39 is 15.9 Å². The topological polar surface area (TPSA) is 127 Å². The Labute approximate surface area is 143 Å². The van der Waals surface area contributed by atoms with Crippen molar-refractivity contribution >= 4 is 27.5 Å². The molecule has 3 rings (SSSR count). The minimum Gasteiger partial charge on any atom is -0.482 e. The third-order valence-electron chi connectivity index (χ3n) is 3.34. The van der Waals surface area contributed by atoms with E-state index in [1.807, 2.05) is 0 Å². The molecule has 1 aromatic carbocycles. The molecule has 1 aromatic heterocycles. The lowest BCUT2D eigenvalue weighted by Gasteiger charge is -2.18. The number of fused-ring (bicyclic) bond motifs is 1. The van der Waals surface area contributed by atoms with Crippen molar-refractivity contribution in [2.75, 3.05) is 25.0 Å². The average Bonchev–Trinajstić information content (AvgIpc) is 3.12. The monoisotopic (exact) mass is 365 g/mol. The van der Waals surface area contributed by atoms with Crippen LogP contribution in [-0.2, 0) is 14.8 Å². The Kier molecular flexibility index (Phi) is 4.72. The number of nitrogens with one attached hydrogen (secondary N) is 3. The molecule has 2 heterocycles. The number of anilines is 1. The van der Waals surface area contributed by atoms with E-state index in [2.05, 4.69) is 15.4 Å². The largest absolute Gasteiger partial charge is 0.482 e. The van der Waals surface area contributed by atoms with E-state index in [1.165, 1.54) is 30.5 Å². The third-order valence-corrected chi connectivity index (χ3v) is 4.80. The van der Waals surface area contributed by atoms with Crippen molar-refractivity contribution in [3.8, 4) is 5.75 Å². The van der Waals surface area contributed by atoms with Crippen LogP contribution in [0.25, 0.3) is 0 Å². The van der Waals surface area contributed by atoms with Gasteiger partial charge < -0.3 is 19.8 Å². The summed E-state index contributed by atoms with van der Waals surface area (Å²) in [4.78, 5) is 22.9. The molecule has 0 saturated heterocycles. The van der Waals surface area contributed by atoms with Crippen LogP contribution in [-0.4, -0.2) is 39.9 Å². The van der Waals surface area contributed by atoms with Crippen LogP contribution in [0.1, 0.15) is 10.6 Å². The number of furan rings is 1. The zero-order valence-electron chi connectivity index (χ0n) is 12.9. The highest BCUT2D eigenvalue weighted by molar-refractivity contribution is 7.89. The van der Waals surface area contributed by atoms with Crippen molar-refractivity contribution in [2.45, 2.75) is 4.90 Å². The zero-order chi connectivity index (χ0) is 17.9. The van der Waals surface area contributed by atoms with Crippen molar-refractivity contribution in [1.29, 1.82) is 0 Å². The molecule has 3 N–H and O–H groups in total. The minimum absolute atomic E-state index is 0.00523. The van der Waals surface area contributed by atoms with E-state index in [0.717, 1.165) is 0 Å². The lowest BCUT2D eigenvalue weighted by Crippen LogP contribution is -2.34. The number of carbonyl (C=O) groups excluding carboxylic acids is 2. The molecule has 0 spiro atoms. The van der Waals surface area contributed by atoms with Gasteiger partial charge in [0.1, 0.15) is 5.75 Å². The van der Waals surface area contributed by atoms with Gasteiger partial charge in [-0.2, -0.15) is 0 Å². The van der Waals surface area contributed by atoms with Crippen molar-refractivity contribution in [2.24, 2.45) is 0 Å². The summed E-state index contributed by atoms with van der Waals surface area (Å²) in [6, 6.07) is 7.25. The van der Waals surface area contributed by atoms with E-state index in [0.29, 0.717) is 11.4 Å². The second-order valence-corrected chi connectivity index (χ2v) is 6.89. The van der Waals surface area contributed by atoms with E-state index in [4.69, 9.17) is 9.15 Å². The first-order valence-electron chi connectivity index (χ1n) is 7.34. The molecule has 132 valence electrons. The van der Waals surface area contributed by atoms with Gasteiger partial charge in [0.05, 0.1) is 16.8 Å². The maximum atomic E-state index is 12.3. The maximum absolute atomic E-state index is 12.3. The van der Waals surface area contributed by atoms with Crippen molar-refractivity contribution in [3.05, 3.63) is 42.4 Å². The first-order chi connectivity index (χ1) is 12.0. The number of ether oxygens (including phenoxy) is 1. The van der Waals surface area contributed by atoms with Gasteiger partial charge >= 0.3 is 0 Å². The Bertz CT molecular complexity index is 892. The number of benzene rings is 1. The molecular formula is C15H15N3O6S. The summed E-state index contributed by atoms with van der Waals surface area (Å²) in [5.41, 5.74) is 0.297. The molecule has 9 nitrogen and oxygen atoms in total. The highest BCUT2D eigenvalue weighted by atomic mass is 32.2. The molecule has 25 heavy (non-hydrogen) atoms. The fourth-order valence-corrected chi connectivity index (χ4v) is 3.23. The van der Waals surface area contributed by atoms with Gasteiger partial charge in [-0.1, -0.05) is 0 Å². The maximum Gasteiger partial charge on any atom is 0.287 e. The lowest BCUT2D eigenvalue weighted by molar-refractivity contribution is -0.118. The van der Waals surface area contributed by atoms with Crippen LogP contribution >= 0.6 is 0 Å². The molecule has 10 heteroatoms. The summed E-state index contributed by atoms with van der Waals surface area (Å²) in [6.45, 7) is -0.0228. The molecule has 0 atom stereocenters. The van der Waals surface area contributed by atoms with Crippen molar-refractivity contribution in [3.63, 3.8) is 0 Å². The van der Waals surface area contributed by atoms with Crippen LogP contribution in [0.3, 0.4) is 0 Å². The van der Waals surface area contributed by atoms with Gasteiger partial charge in [0.25, 0.3) is 11.8 Å². The first-order valence-corrected chi connectivity index (χ1v) is 8.82. The molecule has 0 fully saturated rings. The lowest BCUT2D eigenvalue weighted by atomic mass is 10.2. The van der Waals surface area contributed by atoms with Crippen LogP contribution in [0.5, 0.6) is 5.75 Å². The van der Waals surface area contributed by atoms with Gasteiger partial charge in [-0.25, -0.2) is 13.1 Å². The molecule has 1 aliphatic heterocycles. The summed E-state index contributed by atoms with van der Waals surface area (Å²) >= 11 is 0. The Morgan fingerprint density at radius 1 is 1.24 bits per heavy atom. The van der Waals surface area contributed by atoms with Crippen LogP contribution in [0.2, 0.25) is 0 Å². The quantitative estimate of drug-likeness (QED) is 0.633. The molecule has 1 aliphatic rings. The SMILES string of the molecule is O=C1COc2ccc(S(=O)(=O)NCCNC(=O)c3ccco3)cc2N1. The first kappa shape index (κ1) is 17.0. The molecular weight excluding hydrogens is 350 g/mol. The third kappa shape index (κ3) is 3.98. The standard InChI is InChI=1S/C15H15N3O6S/c19-14-9-24-12-4-3-10(8-11(12)18-14)25(21,22)17-6-5-16-15(20)13-2-1-7-23-13/h1-4,7-8,17H,5-6,9H2,(H,16,20)(H,18,19). The van der Waals surface area contributed by atoms with Crippen LogP contribution in [0, 0.1) is 0 Å². The molecule has 0 saturated carbocycles. The van der Waals surface area contributed by atoms with Gasteiger partial charge in [-0.15, -0.1) is 0 Å². The Morgan fingerprint density at radius 3 is 2.84 bits per heavy atom. The highest BCUT2D eigenvalue weighted by Gasteiger charge is 2.20. The molecule has 0 bridgehead atoms. The predicted molar refractivity (Wildman–Crippen MR) is 86.8 cm³/mol. The van der Waals surface area contributed by atoms with E-state index >= 15 is 0 Å². The number of hydrogen-bond donors (Lipinski definition) is 3. The van der Waals surface area contributed by atoms with Gasteiger partial charge in [0.15, 0.2) is 12.4 Å². The van der Waals surface area contributed by atoms with E-state index in [-0.39, 0.29) is 36.3 Å². The van der Waals surface area contributed by atoms with Gasteiger partial charge in [0.2, 0.25) is 10.0 Å². The van der Waals surface area contributed by atoms with Crippen molar-refractivity contribution in [1.82, 2.24) is 10.0 Å². The zero-order valence-corrected chi connectivity index (χ0v) is 13.8. The normalized spacial score (nSPS) is 13.5. The Morgan fingerprint density at radius 2 is 2.08 bits per heavy atom. The summed E-state index contributed by atoms with van der Waals surface area (Å²) < 4.78 is 37.0. The molecule has 0 aliphatic carbocycles. The fourth-order valence-electron chi connectivity index (χ4n) is 2.17. The Balaban J connectivity index is 1.58. The van der Waals surface area contributed by atoms with Crippen molar-refractivity contribution < 1.29 is 27.2 Å². The predicted octanol–water partition coefficient (Wildman–Crippen LogP) is 0.319. The van der Waals surface area contributed by atoms with Crippen LogP contribution in [0.15, 0.2) is 45.9 Å². The van der Waals surface area contributed by atoms with E-state index in [1.54, 1.807) is 6.07 Å². The van der Waals surface area contributed by atoms with Crippen LogP contribution in [0.4, 0.5) is 5.69 Å². The fraction of sp³-hybridized carbons (Fsp3) is 0.200. The summed E-state index contributed by atoms with van der Waals surface area (Å²) in [5, 5.41) is 5.07. The van der Waals surface area contributed by atoms with E-state index in [9.17, 15) is 18.0 Å². The second kappa shape index (κ2) is 6.95. The van der Waals surface area contributed by atoms with Gasteiger partial charge in [-0.3, -0.25) is 9.59 Å². The summed E-state index contributed by atoms with van der Waals surface area (Å²) in [6.07, 6.45) is 1.37. The number of amides is 2.